The fourth-order valence-corrected chi connectivity index (χ4v) is 4.04. The minimum Gasteiger partial charge on any atom is -0.872 e. The van der Waals surface area contributed by atoms with Crippen LogP contribution in [0.2, 0.25) is 0 Å². The van der Waals surface area contributed by atoms with E-state index in [0.717, 1.165) is 23.5 Å². The Bertz CT molecular complexity index is 849. The summed E-state index contributed by atoms with van der Waals surface area (Å²) >= 11 is 1.56. The van der Waals surface area contributed by atoms with Crippen molar-refractivity contribution in [3.63, 3.8) is 0 Å². The van der Waals surface area contributed by atoms with Crippen LogP contribution in [0.1, 0.15) is 26.4 Å². The number of benzene rings is 1. The lowest BCUT2D eigenvalue weighted by atomic mass is 10.0. The number of morpholine rings is 1. The summed E-state index contributed by atoms with van der Waals surface area (Å²) in [5.74, 6) is 0.515. The summed E-state index contributed by atoms with van der Waals surface area (Å²) < 4.78 is 11.2. The number of aryl methyl sites for hydroxylation is 1. The smallest absolute Gasteiger partial charge is 0.232 e. The number of allylic oxidation sites excluding steroid dienone is 1. The van der Waals surface area contributed by atoms with Crippen LogP contribution in [0.5, 0.6) is 11.5 Å². The van der Waals surface area contributed by atoms with Gasteiger partial charge in [0.2, 0.25) is 5.78 Å². The molecule has 0 saturated carbocycles. The molecule has 0 amide bonds. The van der Waals surface area contributed by atoms with E-state index >= 15 is 0 Å². The molecule has 1 aromatic heterocycles. The van der Waals surface area contributed by atoms with E-state index in [9.17, 15) is 9.90 Å². The summed E-state index contributed by atoms with van der Waals surface area (Å²) in [4.78, 5) is 14.9. The normalized spacial score (nSPS) is 19.2. The highest BCUT2D eigenvalue weighted by atomic mass is 32.1. The van der Waals surface area contributed by atoms with Crippen LogP contribution in [-0.4, -0.2) is 32.1 Å². The third kappa shape index (κ3) is 3.08. The lowest BCUT2D eigenvalue weighted by Crippen LogP contribution is -3.12. The van der Waals surface area contributed by atoms with Crippen LogP contribution < -0.4 is 14.7 Å². The first-order valence-electron chi connectivity index (χ1n) is 8.36. The van der Waals surface area contributed by atoms with Crippen LogP contribution in [0.25, 0.3) is 6.08 Å². The number of Topliss-reactive ketones (excluding diaryl/α,β-unsaturated/α-hetero) is 1. The SMILES string of the molecule is Cc1ccsc1/C=C1\Oc2c(ccc([O-])c2C[NH+]2CCOCC2)C1=O. The molecule has 4 rings (SSSR count). The Balaban J connectivity index is 1.67. The quantitative estimate of drug-likeness (QED) is 0.838. The number of rotatable bonds is 3. The molecule has 1 fully saturated rings. The molecule has 1 aromatic carbocycles. The lowest BCUT2D eigenvalue weighted by molar-refractivity contribution is -0.921. The van der Waals surface area contributed by atoms with Gasteiger partial charge in [-0.1, -0.05) is 11.8 Å². The van der Waals surface area contributed by atoms with Gasteiger partial charge < -0.3 is 19.5 Å². The van der Waals surface area contributed by atoms with Gasteiger partial charge in [0.25, 0.3) is 0 Å². The first kappa shape index (κ1) is 16.3. The summed E-state index contributed by atoms with van der Waals surface area (Å²) in [5, 5.41) is 14.4. The van der Waals surface area contributed by atoms with Crippen molar-refractivity contribution in [1.82, 2.24) is 0 Å². The zero-order valence-electron chi connectivity index (χ0n) is 14.0. The number of thiophene rings is 1. The van der Waals surface area contributed by atoms with Crippen molar-refractivity contribution in [2.24, 2.45) is 0 Å². The number of carbonyl (C=O) groups is 1. The second kappa shape index (κ2) is 6.63. The standard InChI is InChI=1S/C19H19NO4S/c1-12-4-9-25-17(12)10-16-18(22)13-2-3-15(21)14(19(13)24-16)11-20-5-7-23-8-6-20/h2-4,9-10,21H,5-8,11H2,1H3/b16-10-. The zero-order valence-corrected chi connectivity index (χ0v) is 14.8. The van der Waals surface area contributed by atoms with Crippen molar-refractivity contribution in [1.29, 1.82) is 0 Å². The third-order valence-corrected chi connectivity index (χ3v) is 5.65. The monoisotopic (exact) mass is 357 g/mol. The number of carbonyl (C=O) groups excluding carboxylic acids is 1. The number of fused-ring (bicyclic) bond motifs is 1. The molecule has 0 spiro atoms. The highest BCUT2D eigenvalue weighted by Crippen LogP contribution is 2.38. The number of nitrogens with one attached hydrogen (secondary N) is 1. The Kier molecular flexibility index (Phi) is 4.33. The van der Waals surface area contributed by atoms with Gasteiger partial charge in [0.15, 0.2) is 5.76 Å². The second-order valence-electron chi connectivity index (χ2n) is 6.37. The lowest BCUT2D eigenvalue weighted by Gasteiger charge is -2.26. The fourth-order valence-electron chi connectivity index (χ4n) is 3.19. The van der Waals surface area contributed by atoms with E-state index in [-0.39, 0.29) is 11.5 Å². The summed E-state index contributed by atoms with van der Waals surface area (Å²) in [6, 6.07) is 5.07. The van der Waals surface area contributed by atoms with Gasteiger partial charge in [-0.3, -0.25) is 4.79 Å². The molecular formula is C19H19NO4S. The Morgan fingerprint density at radius 1 is 1.28 bits per heavy atom. The average Bonchev–Trinajstić information content (AvgIpc) is 3.16. The third-order valence-electron chi connectivity index (χ3n) is 4.69. The van der Waals surface area contributed by atoms with Gasteiger partial charge in [0.1, 0.15) is 25.4 Å². The maximum Gasteiger partial charge on any atom is 0.232 e. The molecule has 25 heavy (non-hydrogen) atoms. The van der Waals surface area contributed by atoms with Crippen molar-refractivity contribution in [2.45, 2.75) is 13.5 Å². The van der Waals surface area contributed by atoms with Crippen molar-refractivity contribution >= 4 is 23.2 Å². The van der Waals surface area contributed by atoms with E-state index in [2.05, 4.69) is 0 Å². The van der Waals surface area contributed by atoms with Gasteiger partial charge in [-0.05, 0) is 30.0 Å². The maximum atomic E-state index is 12.7. The van der Waals surface area contributed by atoms with Crippen LogP contribution >= 0.6 is 11.3 Å². The second-order valence-corrected chi connectivity index (χ2v) is 7.31. The van der Waals surface area contributed by atoms with Gasteiger partial charge >= 0.3 is 0 Å². The number of hydrogen-bond acceptors (Lipinski definition) is 5. The van der Waals surface area contributed by atoms with Gasteiger partial charge in [-0.2, -0.15) is 0 Å². The Hall–Kier alpha value is -2.15. The minimum atomic E-state index is -0.152. The first-order chi connectivity index (χ1) is 12.1. The largest absolute Gasteiger partial charge is 0.872 e. The molecule has 1 saturated heterocycles. The van der Waals surface area contributed by atoms with Gasteiger partial charge in [-0.15, -0.1) is 11.3 Å². The molecule has 5 nitrogen and oxygen atoms in total. The Morgan fingerprint density at radius 2 is 2.08 bits per heavy atom. The van der Waals surface area contributed by atoms with E-state index in [1.54, 1.807) is 23.5 Å². The summed E-state index contributed by atoms with van der Waals surface area (Å²) in [7, 11) is 0. The van der Waals surface area contributed by atoms with E-state index in [1.165, 1.54) is 11.0 Å². The fraction of sp³-hybridized carbons (Fsp3) is 0.316. The number of quaternary nitrogens is 1. The van der Waals surface area contributed by atoms with E-state index < -0.39 is 0 Å². The van der Waals surface area contributed by atoms with Crippen LogP contribution in [0.15, 0.2) is 29.3 Å². The van der Waals surface area contributed by atoms with Gasteiger partial charge in [0, 0.05) is 16.5 Å². The average molecular weight is 357 g/mol. The molecule has 1 N–H and O–H groups in total. The summed E-state index contributed by atoms with van der Waals surface area (Å²) in [6.07, 6.45) is 1.78. The molecular weight excluding hydrogens is 338 g/mol. The van der Waals surface area contributed by atoms with Crippen LogP contribution in [-0.2, 0) is 11.3 Å². The maximum absolute atomic E-state index is 12.7. The number of ether oxygens (including phenoxy) is 2. The van der Waals surface area contributed by atoms with Crippen molar-refractivity contribution in [2.75, 3.05) is 26.3 Å². The predicted molar refractivity (Wildman–Crippen MR) is 93.1 cm³/mol. The number of hydrogen-bond donors (Lipinski definition) is 1. The zero-order chi connectivity index (χ0) is 17.4. The van der Waals surface area contributed by atoms with Crippen molar-refractivity contribution in [3.05, 3.63) is 50.9 Å². The molecule has 2 aromatic rings. The molecule has 2 aliphatic rings. The predicted octanol–water partition coefficient (Wildman–Crippen LogP) is 1.16. The van der Waals surface area contributed by atoms with Crippen LogP contribution in [0.3, 0.4) is 0 Å². The van der Waals surface area contributed by atoms with Crippen molar-refractivity contribution < 1.29 is 24.3 Å². The molecule has 0 aliphatic carbocycles. The van der Waals surface area contributed by atoms with E-state index in [1.807, 2.05) is 18.4 Å². The molecule has 0 radical (unpaired) electrons. The number of ketones is 1. The molecule has 130 valence electrons. The van der Waals surface area contributed by atoms with Gasteiger partial charge in [-0.25, -0.2) is 0 Å². The molecule has 2 aliphatic heterocycles. The van der Waals surface area contributed by atoms with E-state index in [0.29, 0.717) is 42.4 Å². The molecule has 0 bridgehead atoms. The molecule has 0 unspecified atom stereocenters. The topological polar surface area (TPSA) is 63.0 Å². The molecule has 6 heteroatoms. The minimum absolute atomic E-state index is 0.0703. The van der Waals surface area contributed by atoms with Gasteiger partial charge in [0.05, 0.1) is 18.8 Å². The Morgan fingerprint density at radius 3 is 2.80 bits per heavy atom. The summed E-state index contributed by atoms with van der Waals surface area (Å²) in [6.45, 7) is 5.66. The highest BCUT2D eigenvalue weighted by molar-refractivity contribution is 7.11. The highest BCUT2D eigenvalue weighted by Gasteiger charge is 2.31. The van der Waals surface area contributed by atoms with E-state index in [4.69, 9.17) is 9.47 Å². The van der Waals surface area contributed by atoms with Crippen LogP contribution in [0, 0.1) is 6.92 Å². The summed E-state index contributed by atoms with van der Waals surface area (Å²) in [5.41, 5.74) is 2.18. The first-order valence-corrected chi connectivity index (χ1v) is 9.24. The molecule has 3 heterocycles. The van der Waals surface area contributed by atoms with Crippen LogP contribution in [0.4, 0.5) is 0 Å². The van der Waals surface area contributed by atoms with Crippen molar-refractivity contribution in [3.8, 4) is 11.5 Å². The Labute approximate surface area is 150 Å². The molecule has 0 atom stereocenters.